The van der Waals surface area contributed by atoms with Gasteiger partial charge in [0.1, 0.15) is 5.75 Å². The molecule has 2 aromatic carbocycles. The van der Waals surface area contributed by atoms with E-state index >= 15 is 0 Å². The lowest BCUT2D eigenvalue weighted by atomic mass is 10.1. The van der Waals surface area contributed by atoms with Gasteiger partial charge in [0.15, 0.2) is 6.61 Å². The molecule has 0 aliphatic heterocycles. The van der Waals surface area contributed by atoms with Crippen molar-refractivity contribution in [1.82, 2.24) is 0 Å². The number of aryl methyl sites for hydroxylation is 2. The lowest BCUT2D eigenvalue weighted by Crippen LogP contribution is -2.21. The second kappa shape index (κ2) is 7.37. The minimum atomic E-state index is -0.201. The van der Waals surface area contributed by atoms with Gasteiger partial charge >= 0.3 is 0 Å². The van der Waals surface area contributed by atoms with Crippen LogP contribution in [-0.2, 0) is 4.79 Å². The standard InChI is InChI=1S/C18H19BrClNO2/c1-10-7-14(20)5-6-15(10)21-17(22)9-23-16-8-11(2)18(19)13(4)12(16)3/h5-8H,9H2,1-4H3,(H,21,22). The van der Waals surface area contributed by atoms with Crippen LogP contribution in [-0.4, -0.2) is 12.5 Å². The van der Waals surface area contributed by atoms with Gasteiger partial charge in [-0.1, -0.05) is 27.5 Å². The molecule has 0 heterocycles. The van der Waals surface area contributed by atoms with Crippen molar-refractivity contribution in [3.63, 3.8) is 0 Å². The molecule has 0 aliphatic rings. The SMILES string of the molecule is Cc1cc(Cl)ccc1NC(=O)COc1cc(C)c(Br)c(C)c1C. The van der Waals surface area contributed by atoms with E-state index in [9.17, 15) is 4.79 Å². The Kier molecular flexibility index (Phi) is 5.71. The van der Waals surface area contributed by atoms with E-state index in [2.05, 4.69) is 21.2 Å². The lowest BCUT2D eigenvalue weighted by molar-refractivity contribution is -0.118. The molecule has 23 heavy (non-hydrogen) atoms. The fraction of sp³-hybridized carbons (Fsp3) is 0.278. The first-order valence-electron chi connectivity index (χ1n) is 7.24. The first-order chi connectivity index (χ1) is 10.8. The molecule has 0 aliphatic carbocycles. The Balaban J connectivity index is 2.05. The van der Waals surface area contributed by atoms with Gasteiger partial charge < -0.3 is 10.1 Å². The number of ether oxygens (including phenoxy) is 1. The Labute approximate surface area is 150 Å². The summed E-state index contributed by atoms with van der Waals surface area (Å²) in [6.07, 6.45) is 0. The summed E-state index contributed by atoms with van der Waals surface area (Å²) in [6, 6.07) is 7.28. The summed E-state index contributed by atoms with van der Waals surface area (Å²) < 4.78 is 6.76. The van der Waals surface area contributed by atoms with E-state index in [-0.39, 0.29) is 12.5 Å². The third-order valence-corrected chi connectivity index (χ3v) is 5.23. The molecule has 0 saturated carbocycles. The van der Waals surface area contributed by atoms with Gasteiger partial charge in [-0.2, -0.15) is 0 Å². The zero-order valence-corrected chi connectivity index (χ0v) is 15.9. The van der Waals surface area contributed by atoms with Gasteiger partial charge in [-0.15, -0.1) is 0 Å². The molecule has 2 aromatic rings. The Morgan fingerprint density at radius 2 is 1.83 bits per heavy atom. The molecular formula is C18H19BrClNO2. The van der Waals surface area contributed by atoms with Crippen LogP contribution in [0.2, 0.25) is 5.02 Å². The van der Waals surface area contributed by atoms with Crippen LogP contribution < -0.4 is 10.1 Å². The smallest absolute Gasteiger partial charge is 0.262 e. The Hall–Kier alpha value is -1.52. The minimum absolute atomic E-state index is 0.0383. The van der Waals surface area contributed by atoms with Gasteiger partial charge in [0, 0.05) is 15.2 Å². The summed E-state index contributed by atoms with van der Waals surface area (Å²) in [5, 5.41) is 3.48. The fourth-order valence-corrected chi connectivity index (χ4v) is 2.90. The highest BCUT2D eigenvalue weighted by atomic mass is 79.9. The van der Waals surface area contributed by atoms with Crippen molar-refractivity contribution < 1.29 is 9.53 Å². The molecule has 1 amide bonds. The number of carbonyl (C=O) groups excluding carboxylic acids is 1. The molecule has 0 radical (unpaired) electrons. The molecule has 3 nitrogen and oxygen atoms in total. The summed E-state index contributed by atoms with van der Waals surface area (Å²) in [5.74, 6) is 0.527. The third-order valence-electron chi connectivity index (χ3n) is 3.78. The predicted octanol–water partition coefficient (Wildman–Crippen LogP) is 5.35. The van der Waals surface area contributed by atoms with Gasteiger partial charge in [-0.05, 0) is 74.2 Å². The first-order valence-corrected chi connectivity index (χ1v) is 8.41. The topological polar surface area (TPSA) is 38.3 Å². The van der Waals surface area contributed by atoms with Gasteiger partial charge in [0.25, 0.3) is 5.91 Å². The average Bonchev–Trinajstić information content (AvgIpc) is 2.50. The number of hydrogen-bond donors (Lipinski definition) is 1. The number of nitrogens with one attached hydrogen (secondary N) is 1. The van der Waals surface area contributed by atoms with Crippen molar-refractivity contribution in [3.05, 3.63) is 56.0 Å². The highest BCUT2D eigenvalue weighted by Crippen LogP contribution is 2.31. The Morgan fingerprint density at radius 3 is 2.48 bits per heavy atom. The van der Waals surface area contributed by atoms with Crippen LogP contribution in [0.1, 0.15) is 22.3 Å². The van der Waals surface area contributed by atoms with Crippen molar-refractivity contribution in [2.45, 2.75) is 27.7 Å². The van der Waals surface area contributed by atoms with E-state index in [1.165, 1.54) is 0 Å². The van der Waals surface area contributed by atoms with Crippen molar-refractivity contribution in [3.8, 4) is 5.75 Å². The van der Waals surface area contributed by atoms with E-state index in [1.54, 1.807) is 12.1 Å². The number of halogens is 2. The van der Waals surface area contributed by atoms with Crippen LogP contribution in [0, 0.1) is 27.7 Å². The molecule has 5 heteroatoms. The minimum Gasteiger partial charge on any atom is -0.483 e. The predicted molar refractivity (Wildman–Crippen MR) is 98.7 cm³/mol. The maximum Gasteiger partial charge on any atom is 0.262 e. The summed E-state index contributed by atoms with van der Waals surface area (Å²) in [4.78, 5) is 12.1. The van der Waals surface area contributed by atoms with Crippen molar-refractivity contribution >= 4 is 39.1 Å². The zero-order chi connectivity index (χ0) is 17.1. The summed E-state index contributed by atoms with van der Waals surface area (Å²) in [5.41, 5.74) is 4.88. The molecule has 0 unspecified atom stereocenters. The summed E-state index contributed by atoms with van der Waals surface area (Å²) in [7, 11) is 0. The van der Waals surface area contributed by atoms with E-state index in [1.807, 2.05) is 39.8 Å². The first kappa shape index (κ1) is 17.8. The van der Waals surface area contributed by atoms with Gasteiger partial charge in [0.2, 0.25) is 0 Å². The Morgan fingerprint density at radius 1 is 1.13 bits per heavy atom. The van der Waals surface area contributed by atoms with Crippen LogP contribution in [0.15, 0.2) is 28.7 Å². The number of hydrogen-bond acceptors (Lipinski definition) is 2. The highest BCUT2D eigenvalue weighted by Gasteiger charge is 2.11. The molecule has 122 valence electrons. The highest BCUT2D eigenvalue weighted by molar-refractivity contribution is 9.10. The van der Waals surface area contributed by atoms with Crippen LogP contribution in [0.5, 0.6) is 5.75 Å². The van der Waals surface area contributed by atoms with Crippen LogP contribution in [0.25, 0.3) is 0 Å². The average molecular weight is 397 g/mol. The molecule has 0 spiro atoms. The normalized spacial score (nSPS) is 10.5. The van der Waals surface area contributed by atoms with Crippen molar-refractivity contribution in [2.75, 3.05) is 11.9 Å². The molecular weight excluding hydrogens is 378 g/mol. The maximum atomic E-state index is 12.1. The van der Waals surface area contributed by atoms with Crippen LogP contribution in [0.3, 0.4) is 0 Å². The van der Waals surface area contributed by atoms with Gasteiger partial charge in [-0.25, -0.2) is 0 Å². The summed E-state index contributed by atoms with van der Waals surface area (Å²) in [6.45, 7) is 7.87. The van der Waals surface area contributed by atoms with Crippen LogP contribution >= 0.6 is 27.5 Å². The van der Waals surface area contributed by atoms with E-state index in [0.717, 1.165) is 38.2 Å². The monoisotopic (exact) mass is 395 g/mol. The van der Waals surface area contributed by atoms with E-state index < -0.39 is 0 Å². The lowest BCUT2D eigenvalue weighted by Gasteiger charge is -2.15. The van der Waals surface area contributed by atoms with Gasteiger partial charge in [-0.3, -0.25) is 4.79 Å². The quantitative estimate of drug-likeness (QED) is 0.756. The zero-order valence-electron chi connectivity index (χ0n) is 13.6. The number of amides is 1. The van der Waals surface area contributed by atoms with Crippen LogP contribution in [0.4, 0.5) is 5.69 Å². The number of rotatable bonds is 4. The van der Waals surface area contributed by atoms with E-state index in [4.69, 9.17) is 16.3 Å². The van der Waals surface area contributed by atoms with Crippen molar-refractivity contribution in [2.24, 2.45) is 0 Å². The fourth-order valence-electron chi connectivity index (χ4n) is 2.26. The third kappa shape index (κ3) is 4.27. The summed E-state index contributed by atoms with van der Waals surface area (Å²) >= 11 is 9.47. The Bertz CT molecular complexity index is 759. The molecule has 1 N–H and O–H groups in total. The molecule has 0 aromatic heterocycles. The second-order valence-corrected chi connectivity index (χ2v) is 6.78. The number of anilines is 1. The molecule has 2 rings (SSSR count). The molecule has 0 fully saturated rings. The van der Waals surface area contributed by atoms with Crippen molar-refractivity contribution in [1.29, 1.82) is 0 Å². The molecule has 0 bridgehead atoms. The van der Waals surface area contributed by atoms with Gasteiger partial charge in [0.05, 0.1) is 0 Å². The number of carbonyl (C=O) groups is 1. The second-order valence-electron chi connectivity index (χ2n) is 5.55. The largest absolute Gasteiger partial charge is 0.483 e. The number of benzene rings is 2. The van der Waals surface area contributed by atoms with E-state index in [0.29, 0.717) is 5.02 Å². The maximum absolute atomic E-state index is 12.1. The molecule has 0 saturated heterocycles. The molecule has 0 atom stereocenters.